The van der Waals surface area contributed by atoms with Gasteiger partial charge >= 0.3 is 0 Å². The highest BCUT2D eigenvalue weighted by molar-refractivity contribution is 5.93. The van der Waals surface area contributed by atoms with Crippen LogP contribution in [-0.2, 0) is 9.53 Å². The number of nitrogens with zero attached hydrogens (tertiary/aromatic N) is 3. The highest BCUT2D eigenvalue weighted by Gasteiger charge is 2.41. The maximum absolute atomic E-state index is 12.6. The van der Waals surface area contributed by atoms with E-state index >= 15 is 0 Å². The summed E-state index contributed by atoms with van der Waals surface area (Å²) in [6.45, 7) is 3.34. The van der Waals surface area contributed by atoms with Crippen molar-refractivity contribution in [2.24, 2.45) is 5.41 Å². The number of carbonyl (C=O) groups excluding carboxylic acids is 2. The molecule has 1 spiro atoms. The highest BCUT2D eigenvalue weighted by atomic mass is 16.5. The fourth-order valence-electron chi connectivity index (χ4n) is 3.96. The smallest absolute Gasteiger partial charge is 0.263 e. The lowest BCUT2D eigenvalue weighted by atomic mass is 9.72. The molecule has 3 heterocycles. The number of aromatic nitrogens is 2. The van der Waals surface area contributed by atoms with Crippen molar-refractivity contribution in [2.75, 3.05) is 39.9 Å². The van der Waals surface area contributed by atoms with Gasteiger partial charge in [0.2, 0.25) is 5.91 Å². The van der Waals surface area contributed by atoms with Crippen LogP contribution in [0.1, 0.15) is 42.5 Å². The predicted octanol–water partition coefficient (Wildman–Crippen LogP) is 0.651. The third-order valence-electron chi connectivity index (χ3n) is 5.58. The number of piperidine rings is 2. The molecule has 0 saturated carbocycles. The molecule has 0 unspecified atom stereocenters. The molecule has 0 aliphatic carbocycles. The van der Waals surface area contributed by atoms with Gasteiger partial charge in [0.25, 0.3) is 11.5 Å². The Kier molecular flexibility index (Phi) is 5.70. The summed E-state index contributed by atoms with van der Waals surface area (Å²) < 4.78 is 5.08. The zero-order valence-electron chi connectivity index (χ0n) is 15.2. The molecule has 0 radical (unpaired) electrons. The lowest BCUT2D eigenvalue weighted by Crippen LogP contribution is -2.52. The summed E-state index contributed by atoms with van der Waals surface area (Å²) in [5.41, 5.74) is -0.236. The molecule has 2 aliphatic heterocycles. The van der Waals surface area contributed by atoms with Crippen molar-refractivity contribution in [3.8, 4) is 0 Å². The van der Waals surface area contributed by atoms with Crippen molar-refractivity contribution in [3.05, 3.63) is 28.4 Å². The number of ether oxygens (including phenoxy) is 1. The lowest BCUT2D eigenvalue weighted by molar-refractivity contribution is -0.139. The molecule has 142 valence electrons. The number of carbonyl (C=O) groups is 2. The number of methoxy groups -OCH3 is 1. The zero-order valence-corrected chi connectivity index (χ0v) is 15.2. The Morgan fingerprint density at radius 2 is 2.08 bits per heavy atom. The monoisotopic (exact) mass is 362 g/mol. The second-order valence-electron chi connectivity index (χ2n) is 7.25. The molecule has 26 heavy (non-hydrogen) atoms. The van der Waals surface area contributed by atoms with Gasteiger partial charge in [0.1, 0.15) is 5.56 Å². The van der Waals surface area contributed by atoms with E-state index in [4.69, 9.17) is 4.74 Å². The van der Waals surface area contributed by atoms with Gasteiger partial charge in [-0.15, -0.1) is 0 Å². The normalized spacial score (nSPS) is 19.8. The number of H-pyrrole nitrogens is 1. The van der Waals surface area contributed by atoms with Crippen LogP contribution in [0.15, 0.2) is 17.3 Å². The fourth-order valence-corrected chi connectivity index (χ4v) is 3.96. The molecule has 0 bridgehead atoms. The summed E-state index contributed by atoms with van der Waals surface area (Å²) in [6, 6.07) is 0. The Morgan fingerprint density at radius 1 is 1.31 bits per heavy atom. The molecule has 1 aromatic rings. The number of amides is 2. The minimum Gasteiger partial charge on any atom is -0.385 e. The van der Waals surface area contributed by atoms with Crippen molar-refractivity contribution < 1.29 is 14.3 Å². The molecule has 1 aromatic heterocycles. The minimum absolute atomic E-state index is 0.0825. The van der Waals surface area contributed by atoms with Crippen LogP contribution in [0.4, 0.5) is 0 Å². The summed E-state index contributed by atoms with van der Waals surface area (Å²) in [5, 5.41) is 0. The van der Waals surface area contributed by atoms with E-state index in [1.807, 2.05) is 4.90 Å². The van der Waals surface area contributed by atoms with E-state index in [0.717, 1.165) is 38.8 Å². The average Bonchev–Trinajstić information content (AvgIpc) is 2.65. The Morgan fingerprint density at radius 3 is 2.77 bits per heavy atom. The van der Waals surface area contributed by atoms with E-state index in [2.05, 4.69) is 9.97 Å². The summed E-state index contributed by atoms with van der Waals surface area (Å²) in [4.78, 5) is 46.5. The van der Waals surface area contributed by atoms with Crippen molar-refractivity contribution in [3.63, 3.8) is 0 Å². The number of rotatable bonds is 5. The molecule has 2 saturated heterocycles. The number of hydrogen-bond acceptors (Lipinski definition) is 5. The minimum atomic E-state index is -0.405. The fraction of sp³-hybridized carbons (Fsp3) is 0.667. The average molecular weight is 362 g/mol. The third kappa shape index (κ3) is 3.95. The summed E-state index contributed by atoms with van der Waals surface area (Å²) in [5.74, 6) is -0.0508. The number of likely N-dealkylation sites (tertiary alicyclic amines) is 2. The first-order chi connectivity index (χ1) is 12.5. The van der Waals surface area contributed by atoms with Crippen LogP contribution >= 0.6 is 0 Å². The quantitative estimate of drug-likeness (QED) is 0.776. The predicted molar refractivity (Wildman–Crippen MR) is 94.7 cm³/mol. The Balaban J connectivity index is 1.60. The van der Waals surface area contributed by atoms with Gasteiger partial charge in [0.15, 0.2) is 0 Å². The van der Waals surface area contributed by atoms with E-state index in [-0.39, 0.29) is 22.8 Å². The molecule has 3 rings (SSSR count). The Labute approximate surface area is 152 Å². The van der Waals surface area contributed by atoms with Gasteiger partial charge in [0, 0.05) is 52.5 Å². The molecular formula is C18H26N4O4. The van der Waals surface area contributed by atoms with E-state index < -0.39 is 5.56 Å². The first kappa shape index (κ1) is 18.6. The highest BCUT2D eigenvalue weighted by Crippen LogP contribution is 2.40. The lowest BCUT2D eigenvalue weighted by Gasteiger charge is -2.47. The van der Waals surface area contributed by atoms with Crippen LogP contribution in [0.5, 0.6) is 0 Å². The van der Waals surface area contributed by atoms with Crippen molar-refractivity contribution in [2.45, 2.75) is 32.1 Å². The van der Waals surface area contributed by atoms with Crippen molar-refractivity contribution in [1.29, 1.82) is 0 Å². The van der Waals surface area contributed by atoms with Gasteiger partial charge in [0.05, 0.1) is 6.33 Å². The third-order valence-corrected chi connectivity index (χ3v) is 5.58. The van der Waals surface area contributed by atoms with E-state index in [1.165, 1.54) is 12.5 Å². The standard InChI is InChI=1S/C18H26N4O4/c1-26-10-2-7-22-12-18(4-3-15(22)23)5-8-21(9-6-18)17(25)14-11-19-13-20-16(14)24/h11,13H,2-10,12H2,1H3,(H,19,20,24). The van der Waals surface area contributed by atoms with Crippen LogP contribution in [0.25, 0.3) is 0 Å². The Hall–Kier alpha value is -2.22. The Bertz CT molecular complexity index is 709. The number of aromatic amines is 1. The van der Waals surface area contributed by atoms with E-state index in [9.17, 15) is 14.4 Å². The summed E-state index contributed by atoms with van der Waals surface area (Å²) >= 11 is 0. The molecular weight excluding hydrogens is 336 g/mol. The topological polar surface area (TPSA) is 95.6 Å². The summed E-state index contributed by atoms with van der Waals surface area (Å²) in [6.07, 6.45) is 6.60. The largest absolute Gasteiger partial charge is 0.385 e. The second kappa shape index (κ2) is 7.99. The molecule has 0 atom stereocenters. The van der Waals surface area contributed by atoms with Crippen LogP contribution in [0.2, 0.25) is 0 Å². The van der Waals surface area contributed by atoms with Gasteiger partial charge < -0.3 is 19.5 Å². The molecule has 2 amide bonds. The van der Waals surface area contributed by atoms with Crippen LogP contribution in [-0.4, -0.2) is 71.5 Å². The first-order valence-corrected chi connectivity index (χ1v) is 9.13. The molecule has 8 heteroatoms. The molecule has 8 nitrogen and oxygen atoms in total. The second-order valence-corrected chi connectivity index (χ2v) is 7.25. The number of nitrogens with one attached hydrogen (secondary N) is 1. The number of hydrogen-bond donors (Lipinski definition) is 1. The van der Waals surface area contributed by atoms with Crippen molar-refractivity contribution in [1.82, 2.24) is 19.8 Å². The van der Waals surface area contributed by atoms with Gasteiger partial charge in [-0.2, -0.15) is 0 Å². The van der Waals surface area contributed by atoms with Gasteiger partial charge in [-0.05, 0) is 31.1 Å². The van der Waals surface area contributed by atoms with Gasteiger partial charge in [-0.1, -0.05) is 0 Å². The molecule has 1 N–H and O–H groups in total. The zero-order chi connectivity index (χ0) is 18.6. The maximum atomic E-state index is 12.6. The van der Waals surface area contributed by atoms with E-state index in [1.54, 1.807) is 12.0 Å². The van der Waals surface area contributed by atoms with Gasteiger partial charge in [-0.3, -0.25) is 14.4 Å². The van der Waals surface area contributed by atoms with Crippen LogP contribution in [0, 0.1) is 5.41 Å². The molecule has 0 aromatic carbocycles. The summed E-state index contributed by atoms with van der Waals surface area (Å²) in [7, 11) is 1.67. The van der Waals surface area contributed by atoms with Crippen molar-refractivity contribution >= 4 is 11.8 Å². The first-order valence-electron chi connectivity index (χ1n) is 9.13. The van der Waals surface area contributed by atoms with Crippen LogP contribution < -0.4 is 5.56 Å². The van der Waals surface area contributed by atoms with Crippen LogP contribution in [0.3, 0.4) is 0 Å². The molecule has 2 fully saturated rings. The maximum Gasteiger partial charge on any atom is 0.263 e. The molecule has 2 aliphatic rings. The van der Waals surface area contributed by atoms with E-state index in [0.29, 0.717) is 26.1 Å². The SMILES string of the molecule is COCCCN1CC2(CCC1=O)CCN(C(=O)c1cnc[nH]c1=O)CC2. The van der Waals surface area contributed by atoms with Gasteiger partial charge in [-0.25, -0.2) is 4.98 Å².